The van der Waals surface area contributed by atoms with Crippen molar-refractivity contribution in [3.8, 4) is 5.75 Å². The summed E-state index contributed by atoms with van der Waals surface area (Å²) in [6.45, 7) is 6.27. The first-order chi connectivity index (χ1) is 15.9. The predicted molar refractivity (Wildman–Crippen MR) is 126 cm³/mol. The molecule has 3 aromatic rings. The third kappa shape index (κ3) is 5.23. The number of aryl methyl sites for hydroxylation is 1. The van der Waals surface area contributed by atoms with E-state index in [2.05, 4.69) is 10.3 Å². The molecule has 1 aromatic carbocycles. The SMILES string of the molecule is CCOCCOC(=O)C(CC)n1cnc2sc(C(=O)Nc3ccccc3OC)c(C)c2c1=O. The molecule has 10 heteroatoms. The van der Waals surface area contributed by atoms with Gasteiger partial charge in [-0.2, -0.15) is 0 Å². The lowest BCUT2D eigenvalue weighted by Gasteiger charge is -2.16. The monoisotopic (exact) mass is 473 g/mol. The number of hydrogen-bond donors (Lipinski definition) is 1. The first kappa shape index (κ1) is 24.4. The number of fused-ring (bicyclic) bond motifs is 1. The van der Waals surface area contributed by atoms with E-state index in [1.165, 1.54) is 18.0 Å². The normalized spacial score (nSPS) is 11.9. The number of carbonyl (C=O) groups is 2. The van der Waals surface area contributed by atoms with E-state index in [-0.39, 0.29) is 12.5 Å². The molecule has 0 spiro atoms. The molecule has 1 atom stereocenters. The van der Waals surface area contributed by atoms with Crippen molar-refractivity contribution in [1.82, 2.24) is 9.55 Å². The zero-order chi connectivity index (χ0) is 24.0. The van der Waals surface area contributed by atoms with Crippen LogP contribution in [0.25, 0.3) is 10.2 Å². The summed E-state index contributed by atoms with van der Waals surface area (Å²) in [5.74, 6) is -0.366. The van der Waals surface area contributed by atoms with E-state index < -0.39 is 17.6 Å². The van der Waals surface area contributed by atoms with Crippen molar-refractivity contribution in [1.29, 1.82) is 0 Å². The zero-order valence-corrected chi connectivity index (χ0v) is 19.9. The largest absolute Gasteiger partial charge is 0.495 e. The fourth-order valence-corrected chi connectivity index (χ4v) is 4.46. The van der Waals surface area contributed by atoms with Gasteiger partial charge in [0.1, 0.15) is 23.2 Å². The van der Waals surface area contributed by atoms with Crippen LogP contribution < -0.4 is 15.6 Å². The summed E-state index contributed by atoms with van der Waals surface area (Å²) in [5, 5.41) is 3.14. The topological polar surface area (TPSA) is 109 Å². The van der Waals surface area contributed by atoms with E-state index in [0.29, 0.717) is 51.7 Å². The number of para-hydroxylation sites is 2. The van der Waals surface area contributed by atoms with Gasteiger partial charge < -0.3 is 19.5 Å². The minimum absolute atomic E-state index is 0.109. The number of benzene rings is 1. The molecule has 2 heterocycles. The van der Waals surface area contributed by atoms with Crippen LogP contribution in [0.3, 0.4) is 0 Å². The number of anilines is 1. The zero-order valence-electron chi connectivity index (χ0n) is 19.0. The Morgan fingerprint density at radius 1 is 1.21 bits per heavy atom. The fourth-order valence-electron chi connectivity index (χ4n) is 3.42. The lowest BCUT2D eigenvalue weighted by Crippen LogP contribution is -2.31. The van der Waals surface area contributed by atoms with E-state index in [9.17, 15) is 14.4 Å². The molecule has 0 saturated heterocycles. The Hall–Kier alpha value is -3.24. The third-order valence-corrected chi connectivity index (χ3v) is 6.31. The van der Waals surface area contributed by atoms with Crippen LogP contribution >= 0.6 is 11.3 Å². The highest BCUT2D eigenvalue weighted by Crippen LogP contribution is 2.30. The Morgan fingerprint density at radius 3 is 2.67 bits per heavy atom. The van der Waals surface area contributed by atoms with Gasteiger partial charge in [0.2, 0.25) is 0 Å². The highest BCUT2D eigenvalue weighted by Gasteiger charge is 2.25. The Kier molecular flexibility index (Phi) is 8.18. The van der Waals surface area contributed by atoms with Crippen molar-refractivity contribution in [3.05, 3.63) is 51.4 Å². The molecule has 0 aliphatic heterocycles. The number of thiophene rings is 1. The Bertz CT molecular complexity index is 1200. The van der Waals surface area contributed by atoms with Gasteiger partial charge in [-0.1, -0.05) is 19.1 Å². The first-order valence-electron chi connectivity index (χ1n) is 10.6. The van der Waals surface area contributed by atoms with Crippen LogP contribution in [0.5, 0.6) is 5.75 Å². The third-order valence-electron chi connectivity index (χ3n) is 5.11. The highest BCUT2D eigenvalue weighted by molar-refractivity contribution is 7.20. The molecule has 0 bridgehead atoms. The van der Waals surface area contributed by atoms with Crippen LogP contribution in [0.1, 0.15) is 41.5 Å². The van der Waals surface area contributed by atoms with Gasteiger partial charge in [0.15, 0.2) is 0 Å². The molecule has 1 amide bonds. The molecule has 1 unspecified atom stereocenters. The standard InChI is InChI=1S/C23H27N3O6S/c1-5-16(23(29)32-12-11-31-6-2)26-13-24-21-18(22(26)28)14(3)19(33-21)20(27)25-15-9-7-8-10-17(15)30-4/h7-10,13,16H,5-6,11-12H2,1-4H3,(H,25,27). The number of nitrogens with zero attached hydrogens (tertiary/aromatic N) is 2. The van der Waals surface area contributed by atoms with E-state index in [1.807, 2.05) is 6.92 Å². The fraction of sp³-hybridized carbons (Fsp3) is 0.391. The summed E-state index contributed by atoms with van der Waals surface area (Å²) >= 11 is 1.12. The summed E-state index contributed by atoms with van der Waals surface area (Å²) in [6.07, 6.45) is 1.69. The summed E-state index contributed by atoms with van der Waals surface area (Å²) in [4.78, 5) is 43.9. The quantitative estimate of drug-likeness (QED) is 0.354. The second-order valence-corrected chi connectivity index (χ2v) is 8.14. The molecule has 1 N–H and O–H groups in total. The van der Waals surface area contributed by atoms with Gasteiger partial charge in [0, 0.05) is 6.61 Å². The molecule has 9 nitrogen and oxygen atoms in total. The molecule has 3 rings (SSSR count). The maximum atomic E-state index is 13.3. The number of amides is 1. The average Bonchev–Trinajstić information content (AvgIpc) is 3.16. The smallest absolute Gasteiger partial charge is 0.329 e. The molecule has 0 aliphatic rings. The van der Waals surface area contributed by atoms with E-state index in [1.54, 1.807) is 38.1 Å². The number of carbonyl (C=O) groups excluding carboxylic acids is 2. The lowest BCUT2D eigenvalue weighted by atomic mass is 10.2. The van der Waals surface area contributed by atoms with Crippen LogP contribution in [0.4, 0.5) is 5.69 Å². The van der Waals surface area contributed by atoms with Gasteiger partial charge in [-0.25, -0.2) is 9.78 Å². The van der Waals surface area contributed by atoms with Crippen molar-refractivity contribution >= 4 is 39.1 Å². The van der Waals surface area contributed by atoms with E-state index in [4.69, 9.17) is 14.2 Å². The van der Waals surface area contributed by atoms with Crippen LogP contribution in [-0.4, -0.2) is 48.4 Å². The van der Waals surface area contributed by atoms with Crippen LogP contribution in [0.2, 0.25) is 0 Å². The van der Waals surface area contributed by atoms with Gasteiger partial charge in [0.25, 0.3) is 11.5 Å². The van der Waals surface area contributed by atoms with Crippen molar-refractivity contribution < 1.29 is 23.8 Å². The van der Waals surface area contributed by atoms with E-state index >= 15 is 0 Å². The summed E-state index contributed by atoms with van der Waals surface area (Å²) in [6, 6.07) is 6.24. The molecular formula is C23H27N3O6S. The van der Waals surface area contributed by atoms with Gasteiger partial charge >= 0.3 is 5.97 Å². The Labute approximate surface area is 195 Å². The number of esters is 1. The molecule has 2 aromatic heterocycles. The number of nitrogens with one attached hydrogen (secondary N) is 1. The number of methoxy groups -OCH3 is 1. The number of ether oxygens (including phenoxy) is 3. The second kappa shape index (κ2) is 11.1. The average molecular weight is 474 g/mol. The van der Waals surface area contributed by atoms with Gasteiger partial charge in [0.05, 0.1) is 36.0 Å². The summed E-state index contributed by atoms with van der Waals surface area (Å²) in [7, 11) is 1.52. The Morgan fingerprint density at radius 2 is 1.97 bits per heavy atom. The van der Waals surface area contributed by atoms with Gasteiger partial charge in [-0.05, 0) is 38.0 Å². The van der Waals surface area contributed by atoms with Gasteiger partial charge in [-0.15, -0.1) is 11.3 Å². The molecular weight excluding hydrogens is 446 g/mol. The first-order valence-corrected chi connectivity index (χ1v) is 11.4. The maximum absolute atomic E-state index is 13.3. The minimum Gasteiger partial charge on any atom is -0.495 e. The molecule has 0 aliphatic carbocycles. The van der Waals surface area contributed by atoms with Crippen molar-refractivity contribution in [3.63, 3.8) is 0 Å². The Balaban J connectivity index is 1.90. The van der Waals surface area contributed by atoms with Crippen molar-refractivity contribution in [2.45, 2.75) is 33.2 Å². The molecule has 0 saturated carbocycles. The van der Waals surface area contributed by atoms with Crippen LogP contribution in [-0.2, 0) is 14.3 Å². The van der Waals surface area contributed by atoms with E-state index in [0.717, 1.165) is 11.3 Å². The molecule has 0 fully saturated rings. The number of rotatable bonds is 10. The van der Waals surface area contributed by atoms with Crippen molar-refractivity contribution in [2.75, 3.05) is 32.2 Å². The predicted octanol–water partition coefficient (Wildman–Crippen LogP) is 3.56. The maximum Gasteiger partial charge on any atom is 0.329 e. The summed E-state index contributed by atoms with van der Waals surface area (Å²) < 4.78 is 17.0. The molecule has 33 heavy (non-hydrogen) atoms. The second-order valence-electron chi connectivity index (χ2n) is 7.14. The van der Waals surface area contributed by atoms with Crippen molar-refractivity contribution in [2.24, 2.45) is 0 Å². The number of aromatic nitrogens is 2. The minimum atomic E-state index is -0.818. The summed E-state index contributed by atoms with van der Waals surface area (Å²) in [5.41, 5.74) is 0.639. The molecule has 0 radical (unpaired) electrons. The van der Waals surface area contributed by atoms with Gasteiger partial charge in [-0.3, -0.25) is 14.2 Å². The highest BCUT2D eigenvalue weighted by atomic mass is 32.1. The number of hydrogen-bond acceptors (Lipinski definition) is 8. The molecule has 176 valence electrons. The van der Waals surface area contributed by atoms with Crippen LogP contribution in [0.15, 0.2) is 35.4 Å². The van der Waals surface area contributed by atoms with Crippen LogP contribution in [0, 0.1) is 6.92 Å². The lowest BCUT2D eigenvalue weighted by molar-refractivity contribution is -0.149.